The van der Waals surface area contributed by atoms with Gasteiger partial charge >= 0.3 is 5.97 Å². The van der Waals surface area contributed by atoms with Gasteiger partial charge < -0.3 is 10.4 Å². The summed E-state index contributed by atoms with van der Waals surface area (Å²) < 4.78 is 0. The van der Waals surface area contributed by atoms with Gasteiger partial charge in [0.05, 0.1) is 5.56 Å². The Kier molecular flexibility index (Phi) is 5.15. The number of carboxylic acid groups (broad SMARTS) is 1. The van der Waals surface area contributed by atoms with Gasteiger partial charge in [-0.25, -0.2) is 4.79 Å². The van der Waals surface area contributed by atoms with E-state index in [9.17, 15) is 4.79 Å². The average molecular weight is 276 g/mol. The lowest BCUT2D eigenvalue weighted by molar-refractivity contribution is 0.0697. The van der Waals surface area contributed by atoms with Crippen LogP contribution < -0.4 is 5.32 Å². The first kappa shape index (κ1) is 15.0. The summed E-state index contributed by atoms with van der Waals surface area (Å²) >= 11 is 0. The SMILES string of the molecule is CNC1CCC(N(C)Cc2ccc(C(=O)O)cc2)CC1. The maximum atomic E-state index is 10.8. The second-order valence-corrected chi connectivity index (χ2v) is 5.71. The number of carboxylic acids is 1. The molecule has 2 N–H and O–H groups in total. The molecule has 0 heterocycles. The molecule has 1 aromatic rings. The number of carbonyl (C=O) groups is 1. The number of nitrogens with one attached hydrogen (secondary N) is 1. The highest BCUT2D eigenvalue weighted by atomic mass is 16.4. The van der Waals surface area contributed by atoms with Crippen molar-refractivity contribution in [2.24, 2.45) is 0 Å². The van der Waals surface area contributed by atoms with E-state index in [-0.39, 0.29) is 0 Å². The smallest absolute Gasteiger partial charge is 0.335 e. The van der Waals surface area contributed by atoms with E-state index in [2.05, 4.69) is 17.3 Å². The number of hydrogen-bond donors (Lipinski definition) is 2. The first-order chi connectivity index (χ1) is 9.60. The van der Waals surface area contributed by atoms with Gasteiger partial charge in [0.1, 0.15) is 0 Å². The van der Waals surface area contributed by atoms with Crippen LogP contribution >= 0.6 is 0 Å². The van der Waals surface area contributed by atoms with Gasteiger partial charge in [0, 0.05) is 18.6 Å². The molecule has 0 atom stereocenters. The van der Waals surface area contributed by atoms with E-state index >= 15 is 0 Å². The van der Waals surface area contributed by atoms with E-state index in [1.807, 2.05) is 19.2 Å². The molecular formula is C16H24N2O2. The highest BCUT2D eigenvalue weighted by molar-refractivity contribution is 5.87. The summed E-state index contributed by atoms with van der Waals surface area (Å²) in [5.74, 6) is -0.865. The minimum atomic E-state index is -0.865. The Hall–Kier alpha value is -1.39. The van der Waals surface area contributed by atoms with Crippen LogP contribution in [-0.2, 0) is 6.54 Å². The van der Waals surface area contributed by atoms with E-state index in [0.29, 0.717) is 17.6 Å². The van der Waals surface area contributed by atoms with Crippen LogP contribution in [0.1, 0.15) is 41.6 Å². The molecule has 2 rings (SSSR count). The van der Waals surface area contributed by atoms with Crippen LogP contribution in [0, 0.1) is 0 Å². The molecule has 1 fully saturated rings. The van der Waals surface area contributed by atoms with Crippen LogP contribution in [0.15, 0.2) is 24.3 Å². The second kappa shape index (κ2) is 6.86. The van der Waals surface area contributed by atoms with Gasteiger partial charge in [0.25, 0.3) is 0 Å². The molecule has 20 heavy (non-hydrogen) atoms. The lowest BCUT2D eigenvalue weighted by Crippen LogP contribution is -2.39. The third kappa shape index (κ3) is 3.81. The zero-order chi connectivity index (χ0) is 14.5. The van der Waals surface area contributed by atoms with Crippen molar-refractivity contribution in [3.8, 4) is 0 Å². The number of rotatable bonds is 5. The van der Waals surface area contributed by atoms with Crippen LogP contribution in [0.2, 0.25) is 0 Å². The molecule has 0 aliphatic heterocycles. The zero-order valence-corrected chi connectivity index (χ0v) is 12.3. The van der Waals surface area contributed by atoms with E-state index in [1.165, 1.54) is 31.2 Å². The summed E-state index contributed by atoms with van der Waals surface area (Å²) in [4.78, 5) is 13.2. The van der Waals surface area contributed by atoms with Gasteiger partial charge in [-0.2, -0.15) is 0 Å². The van der Waals surface area contributed by atoms with Gasteiger partial charge in [0.2, 0.25) is 0 Å². The summed E-state index contributed by atoms with van der Waals surface area (Å²) in [7, 11) is 4.20. The van der Waals surface area contributed by atoms with Gasteiger partial charge in [-0.15, -0.1) is 0 Å². The Bertz CT molecular complexity index is 436. The molecule has 0 saturated heterocycles. The van der Waals surface area contributed by atoms with Crippen molar-refractivity contribution < 1.29 is 9.90 Å². The summed E-state index contributed by atoms with van der Waals surface area (Å²) in [5.41, 5.74) is 1.53. The van der Waals surface area contributed by atoms with Crippen LogP contribution in [0.5, 0.6) is 0 Å². The first-order valence-corrected chi connectivity index (χ1v) is 7.30. The highest BCUT2D eigenvalue weighted by Gasteiger charge is 2.22. The molecular weight excluding hydrogens is 252 g/mol. The molecule has 1 aliphatic carbocycles. The summed E-state index contributed by atoms with van der Waals surface area (Å²) in [6.45, 7) is 0.884. The summed E-state index contributed by atoms with van der Waals surface area (Å²) in [5, 5.41) is 12.2. The van der Waals surface area contributed by atoms with Crippen molar-refractivity contribution in [1.29, 1.82) is 0 Å². The lowest BCUT2D eigenvalue weighted by atomic mass is 9.90. The minimum Gasteiger partial charge on any atom is -0.478 e. The third-order valence-corrected chi connectivity index (χ3v) is 4.36. The molecule has 0 amide bonds. The second-order valence-electron chi connectivity index (χ2n) is 5.71. The van der Waals surface area contributed by atoms with Crippen LogP contribution in [0.25, 0.3) is 0 Å². The molecule has 4 heteroatoms. The largest absolute Gasteiger partial charge is 0.478 e. The Morgan fingerprint density at radius 1 is 1.25 bits per heavy atom. The normalized spacial score (nSPS) is 22.9. The maximum absolute atomic E-state index is 10.8. The van der Waals surface area contributed by atoms with Gasteiger partial charge in [-0.05, 0) is 57.5 Å². The number of hydrogen-bond acceptors (Lipinski definition) is 3. The summed E-state index contributed by atoms with van der Waals surface area (Å²) in [6, 6.07) is 8.51. The molecule has 110 valence electrons. The monoisotopic (exact) mass is 276 g/mol. The van der Waals surface area contributed by atoms with Gasteiger partial charge in [0.15, 0.2) is 0 Å². The predicted molar refractivity (Wildman–Crippen MR) is 80.0 cm³/mol. The van der Waals surface area contributed by atoms with Gasteiger partial charge in [-0.3, -0.25) is 4.90 Å². The molecule has 1 saturated carbocycles. The Balaban J connectivity index is 1.88. The molecule has 0 spiro atoms. The topological polar surface area (TPSA) is 52.6 Å². The Labute approximate surface area is 120 Å². The Morgan fingerprint density at radius 3 is 2.35 bits per heavy atom. The fraction of sp³-hybridized carbons (Fsp3) is 0.562. The first-order valence-electron chi connectivity index (χ1n) is 7.30. The Morgan fingerprint density at radius 2 is 1.85 bits per heavy atom. The van der Waals surface area contributed by atoms with Crippen molar-refractivity contribution in [3.63, 3.8) is 0 Å². The zero-order valence-electron chi connectivity index (χ0n) is 12.3. The fourth-order valence-corrected chi connectivity index (χ4v) is 2.98. The van der Waals surface area contributed by atoms with Crippen LogP contribution in [-0.4, -0.2) is 42.2 Å². The predicted octanol–water partition coefficient (Wildman–Crippen LogP) is 2.35. The fourth-order valence-electron chi connectivity index (χ4n) is 2.98. The molecule has 0 aromatic heterocycles. The molecule has 4 nitrogen and oxygen atoms in total. The summed E-state index contributed by atoms with van der Waals surface area (Å²) in [6.07, 6.45) is 4.94. The molecule has 1 aromatic carbocycles. The van der Waals surface area contributed by atoms with E-state index in [1.54, 1.807) is 12.1 Å². The minimum absolute atomic E-state index is 0.353. The van der Waals surface area contributed by atoms with E-state index < -0.39 is 5.97 Å². The van der Waals surface area contributed by atoms with E-state index in [4.69, 9.17) is 5.11 Å². The number of benzene rings is 1. The van der Waals surface area contributed by atoms with Crippen molar-refractivity contribution in [2.75, 3.05) is 14.1 Å². The third-order valence-electron chi connectivity index (χ3n) is 4.36. The molecule has 0 radical (unpaired) electrons. The molecule has 1 aliphatic rings. The standard InChI is InChI=1S/C16H24N2O2/c1-17-14-7-9-15(10-8-14)18(2)11-12-3-5-13(6-4-12)16(19)20/h3-6,14-15,17H,7-11H2,1-2H3,(H,19,20). The molecule has 0 unspecified atom stereocenters. The number of nitrogens with zero attached hydrogens (tertiary/aromatic N) is 1. The highest BCUT2D eigenvalue weighted by Crippen LogP contribution is 2.23. The number of aromatic carboxylic acids is 1. The quantitative estimate of drug-likeness (QED) is 0.867. The maximum Gasteiger partial charge on any atom is 0.335 e. The molecule has 0 bridgehead atoms. The van der Waals surface area contributed by atoms with Crippen molar-refractivity contribution >= 4 is 5.97 Å². The van der Waals surface area contributed by atoms with Crippen LogP contribution in [0.3, 0.4) is 0 Å². The van der Waals surface area contributed by atoms with Crippen LogP contribution in [0.4, 0.5) is 0 Å². The lowest BCUT2D eigenvalue weighted by Gasteiger charge is -2.34. The van der Waals surface area contributed by atoms with Crippen molar-refractivity contribution in [2.45, 2.75) is 44.3 Å². The van der Waals surface area contributed by atoms with Gasteiger partial charge in [-0.1, -0.05) is 12.1 Å². The van der Waals surface area contributed by atoms with Crippen molar-refractivity contribution in [1.82, 2.24) is 10.2 Å². The average Bonchev–Trinajstić information content (AvgIpc) is 2.48. The van der Waals surface area contributed by atoms with E-state index in [0.717, 1.165) is 6.54 Å². The van der Waals surface area contributed by atoms with Crippen molar-refractivity contribution in [3.05, 3.63) is 35.4 Å².